The van der Waals surface area contributed by atoms with Crippen LogP contribution in [-0.4, -0.2) is 19.0 Å². The zero-order chi connectivity index (χ0) is 7.82. The van der Waals surface area contributed by atoms with E-state index in [2.05, 4.69) is 5.32 Å². The minimum absolute atomic E-state index is 0.315. The van der Waals surface area contributed by atoms with Gasteiger partial charge in [-0.3, -0.25) is 4.79 Å². The molecule has 10 heavy (non-hydrogen) atoms. The summed E-state index contributed by atoms with van der Waals surface area (Å²) in [4.78, 5) is 10.1. The predicted molar refractivity (Wildman–Crippen MR) is 36.9 cm³/mol. The second-order valence-electron chi connectivity index (χ2n) is 1.87. The molecule has 1 amide bonds. The van der Waals surface area contributed by atoms with Crippen molar-refractivity contribution < 1.29 is 4.79 Å². The molecule has 0 aliphatic rings. The van der Waals surface area contributed by atoms with Gasteiger partial charge in [-0.2, -0.15) is 5.26 Å². The highest BCUT2D eigenvalue weighted by Crippen LogP contribution is 1.74. The fourth-order valence-corrected chi connectivity index (χ4v) is 0.481. The van der Waals surface area contributed by atoms with Crippen LogP contribution in [0.1, 0.15) is 12.8 Å². The van der Waals surface area contributed by atoms with Crippen LogP contribution in [0.15, 0.2) is 0 Å². The average molecular weight is 141 g/mol. The Kier molecular flexibility index (Phi) is 5.39. The maximum absolute atomic E-state index is 10.1. The Bertz CT molecular complexity index is 138. The van der Waals surface area contributed by atoms with Crippen molar-refractivity contribution >= 4 is 5.91 Å². The van der Waals surface area contributed by atoms with E-state index >= 15 is 0 Å². The lowest BCUT2D eigenvalue weighted by molar-refractivity contribution is -0.117. The first-order valence-electron chi connectivity index (χ1n) is 3.13. The molecule has 0 aromatic rings. The van der Waals surface area contributed by atoms with Gasteiger partial charge in [-0.15, -0.1) is 0 Å². The number of hydrogen-bond donors (Lipinski definition) is 2. The van der Waals surface area contributed by atoms with Crippen LogP contribution in [-0.2, 0) is 4.79 Å². The molecule has 0 fully saturated rings. The van der Waals surface area contributed by atoms with Crippen LogP contribution in [0, 0.1) is 11.3 Å². The maximum atomic E-state index is 10.1. The summed E-state index contributed by atoms with van der Waals surface area (Å²) < 4.78 is 0. The van der Waals surface area contributed by atoms with Gasteiger partial charge in [-0.1, -0.05) is 0 Å². The Hall–Kier alpha value is -1.08. The van der Waals surface area contributed by atoms with Crippen molar-refractivity contribution in [2.24, 2.45) is 5.73 Å². The van der Waals surface area contributed by atoms with Crippen molar-refractivity contribution in [3.63, 3.8) is 0 Å². The number of nitrogens with zero attached hydrogens (tertiary/aromatic N) is 1. The number of rotatable bonds is 5. The highest BCUT2D eigenvalue weighted by molar-refractivity contribution is 5.73. The van der Waals surface area contributed by atoms with E-state index in [0.29, 0.717) is 25.9 Å². The van der Waals surface area contributed by atoms with E-state index in [1.54, 1.807) is 0 Å². The summed E-state index contributed by atoms with van der Waals surface area (Å²) in [6, 6.07) is 1.98. The van der Waals surface area contributed by atoms with E-state index in [4.69, 9.17) is 11.0 Å². The second kappa shape index (κ2) is 6.05. The van der Waals surface area contributed by atoms with Gasteiger partial charge in [0.15, 0.2) is 0 Å². The number of carbonyl (C=O) groups excluding carboxylic acids is 1. The number of nitrogens with two attached hydrogens (primary N) is 1. The molecular weight excluding hydrogens is 130 g/mol. The van der Waals surface area contributed by atoms with Crippen LogP contribution in [0.4, 0.5) is 0 Å². The highest BCUT2D eigenvalue weighted by atomic mass is 16.1. The van der Waals surface area contributed by atoms with Gasteiger partial charge in [0, 0.05) is 25.9 Å². The Morgan fingerprint density at radius 1 is 1.60 bits per heavy atom. The Labute approximate surface area is 60.0 Å². The van der Waals surface area contributed by atoms with Gasteiger partial charge in [0.2, 0.25) is 5.91 Å². The molecule has 0 aliphatic carbocycles. The molecule has 4 heteroatoms. The highest BCUT2D eigenvalue weighted by Gasteiger charge is 1.91. The molecule has 0 bridgehead atoms. The summed E-state index contributed by atoms with van der Waals surface area (Å²) in [6.07, 6.45) is 0.810. The summed E-state index contributed by atoms with van der Waals surface area (Å²) in [5.41, 5.74) is 4.86. The first kappa shape index (κ1) is 8.92. The molecule has 0 aromatic heterocycles. The molecule has 0 saturated carbocycles. The van der Waals surface area contributed by atoms with E-state index < -0.39 is 0 Å². The van der Waals surface area contributed by atoms with Crippen LogP contribution in [0.25, 0.3) is 0 Å². The molecule has 0 unspecified atom stereocenters. The third-order valence-corrected chi connectivity index (χ3v) is 0.962. The first-order valence-corrected chi connectivity index (χ1v) is 3.13. The van der Waals surface area contributed by atoms with Gasteiger partial charge in [0.1, 0.15) is 0 Å². The molecule has 0 heterocycles. The standard InChI is InChI=1S/C6H11N3O/c7-3-1-4-9-5-2-6(8)10/h9H,1-2,4-5H2,(H2,8,10). The van der Waals surface area contributed by atoms with Crippen molar-refractivity contribution in [2.45, 2.75) is 12.8 Å². The molecule has 0 rings (SSSR count). The quantitative estimate of drug-likeness (QED) is 0.500. The van der Waals surface area contributed by atoms with Gasteiger partial charge < -0.3 is 11.1 Å². The van der Waals surface area contributed by atoms with Crippen molar-refractivity contribution in [3.8, 4) is 6.07 Å². The monoisotopic (exact) mass is 141 g/mol. The molecule has 0 atom stereocenters. The number of amides is 1. The fraction of sp³-hybridized carbons (Fsp3) is 0.667. The second-order valence-corrected chi connectivity index (χ2v) is 1.87. The smallest absolute Gasteiger partial charge is 0.218 e. The molecule has 0 saturated heterocycles. The van der Waals surface area contributed by atoms with E-state index in [9.17, 15) is 4.79 Å². The zero-order valence-corrected chi connectivity index (χ0v) is 5.76. The number of nitrogens with one attached hydrogen (secondary N) is 1. The van der Waals surface area contributed by atoms with E-state index in [0.717, 1.165) is 0 Å². The Morgan fingerprint density at radius 2 is 2.30 bits per heavy atom. The third kappa shape index (κ3) is 6.92. The van der Waals surface area contributed by atoms with Crippen LogP contribution in [0.3, 0.4) is 0 Å². The predicted octanol–water partition coefficient (Wildman–Crippen LogP) is -0.635. The van der Waals surface area contributed by atoms with Crippen molar-refractivity contribution in [1.82, 2.24) is 5.32 Å². The Balaban J connectivity index is 2.92. The van der Waals surface area contributed by atoms with E-state index in [1.165, 1.54) is 0 Å². The topological polar surface area (TPSA) is 78.9 Å². The molecule has 0 radical (unpaired) electrons. The SMILES string of the molecule is N#CCCNCCC(N)=O. The number of primary amides is 1. The lowest BCUT2D eigenvalue weighted by atomic mass is 10.4. The molecule has 4 nitrogen and oxygen atoms in total. The number of hydrogen-bond acceptors (Lipinski definition) is 3. The van der Waals surface area contributed by atoms with E-state index in [-0.39, 0.29) is 5.91 Å². The zero-order valence-electron chi connectivity index (χ0n) is 5.76. The molecule has 0 aliphatic heterocycles. The van der Waals surface area contributed by atoms with Crippen LogP contribution in [0.5, 0.6) is 0 Å². The fourth-order valence-electron chi connectivity index (χ4n) is 0.481. The van der Waals surface area contributed by atoms with Crippen molar-refractivity contribution in [3.05, 3.63) is 0 Å². The van der Waals surface area contributed by atoms with Gasteiger partial charge in [-0.25, -0.2) is 0 Å². The van der Waals surface area contributed by atoms with Gasteiger partial charge >= 0.3 is 0 Å². The van der Waals surface area contributed by atoms with Crippen LogP contribution >= 0.6 is 0 Å². The lowest BCUT2D eigenvalue weighted by Crippen LogP contribution is -2.22. The maximum Gasteiger partial charge on any atom is 0.218 e. The molecule has 0 aromatic carbocycles. The largest absolute Gasteiger partial charge is 0.370 e. The number of nitriles is 1. The Morgan fingerprint density at radius 3 is 2.80 bits per heavy atom. The minimum Gasteiger partial charge on any atom is -0.370 e. The summed E-state index contributed by atoms with van der Waals surface area (Å²) in [6.45, 7) is 1.20. The summed E-state index contributed by atoms with van der Waals surface area (Å²) in [5, 5.41) is 11.0. The molecule has 56 valence electrons. The van der Waals surface area contributed by atoms with E-state index in [1.807, 2.05) is 6.07 Å². The summed E-state index contributed by atoms with van der Waals surface area (Å²) in [5.74, 6) is -0.315. The molecule has 0 spiro atoms. The van der Waals surface area contributed by atoms with Gasteiger partial charge in [-0.05, 0) is 0 Å². The molecule has 3 N–H and O–H groups in total. The van der Waals surface area contributed by atoms with Crippen molar-refractivity contribution in [1.29, 1.82) is 5.26 Å². The average Bonchev–Trinajstić information content (AvgIpc) is 1.87. The number of carbonyl (C=O) groups is 1. The van der Waals surface area contributed by atoms with Crippen LogP contribution in [0.2, 0.25) is 0 Å². The van der Waals surface area contributed by atoms with Crippen LogP contribution < -0.4 is 11.1 Å². The molecular formula is C6H11N3O. The van der Waals surface area contributed by atoms with Gasteiger partial charge in [0.25, 0.3) is 0 Å². The van der Waals surface area contributed by atoms with Gasteiger partial charge in [0.05, 0.1) is 6.07 Å². The minimum atomic E-state index is -0.315. The normalized spacial score (nSPS) is 8.70. The first-order chi connectivity index (χ1) is 4.77. The van der Waals surface area contributed by atoms with Crippen molar-refractivity contribution in [2.75, 3.05) is 13.1 Å². The third-order valence-electron chi connectivity index (χ3n) is 0.962. The summed E-state index contributed by atoms with van der Waals surface area (Å²) in [7, 11) is 0. The summed E-state index contributed by atoms with van der Waals surface area (Å²) >= 11 is 0. The lowest BCUT2D eigenvalue weighted by Gasteiger charge is -1.96.